The number of rotatable bonds is 9. The number of aliphatic hydroxyl groups is 1. The number of aliphatic hydroxyl groups excluding tert-OH is 1. The summed E-state index contributed by atoms with van der Waals surface area (Å²) in [5.41, 5.74) is 1.63. The van der Waals surface area contributed by atoms with Gasteiger partial charge in [-0.05, 0) is 50.1 Å². The van der Waals surface area contributed by atoms with Crippen LogP contribution >= 0.6 is 0 Å². The summed E-state index contributed by atoms with van der Waals surface area (Å²) in [6.45, 7) is 3.47. The fraction of sp³-hybridized carbons (Fsp3) is 0.381. The summed E-state index contributed by atoms with van der Waals surface area (Å²) < 4.78 is 46.5. The molecule has 0 radical (unpaired) electrons. The molecule has 0 unspecified atom stereocenters. The standard InChI is InChI=1S/C21H24F3NO4/c1-14-6-8-18(9-7-14)28-15(2)20(27)25-12-17(13-26)10-16-4-3-5-19(11-16)29-21(22,23)24/h3-9,11,15,17,26H,10,12-13H2,1-2H3,(H,25,27)/t15-,17-/m1/s1. The zero-order chi connectivity index (χ0) is 21.4. The van der Waals surface area contributed by atoms with Gasteiger partial charge in [-0.1, -0.05) is 29.8 Å². The molecule has 2 rings (SSSR count). The van der Waals surface area contributed by atoms with Gasteiger partial charge >= 0.3 is 6.36 Å². The molecular weight excluding hydrogens is 387 g/mol. The first kappa shape index (κ1) is 22.5. The van der Waals surface area contributed by atoms with Crippen molar-refractivity contribution >= 4 is 5.91 Å². The molecule has 0 aliphatic carbocycles. The lowest BCUT2D eigenvalue weighted by molar-refractivity contribution is -0.274. The predicted octanol–water partition coefficient (Wildman–Crippen LogP) is 3.63. The predicted molar refractivity (Wildman–Crippen MR) is 102 cm³/mol. The van der Waals surface area contributed by atoms with E-state index in [2.05, 4.69) is 10.1 Å². The molecule has 0 saturated carbocycles. The van der Waals surface area contributed by atoms with Crippen LogP contribution < -0.4 is 14.8 Å². The third-order valence-corrected chi connectivity index (χ3v) is 4.18. The van der Waals surface area contributed by atoms with Crippen LogP contribution in [0.3, 0.4) is 0 Å². The smallest absolute Gasteiger partial charge is 0.481 e. The minimum absolute atomic E-state index is 0.154. The number of carbonyl (C=O) groups excluding carboxylic acids is 1. The van der Waals surface area contributed by atoms with Crippen LogP contribution in [0.15, 0.2) is 48.5 Å². The second kappa shape index (κ2) is 10.2. The highest BCUT2D eigenvalue weighted by Crippen LogP contribution is 2.24. The summed E-state index contributed by atoms with van der Waals surface area (Å²) in [5, 5.41) is 12.3. The van der Waals surface area contributed by atoms with E-state index in [9.17, 15) is 23.1 Å². The average Bonchev–Trinajstić information content (AvgIpc) is 2.65. The van der Waals surface area contributed by atoms with E-state index < -0.39 is 12.5 Å². The maximum Gasteiger partial charge on any atom is 0.573 e. The van der Waals surface area contributed by atoms with Crippen molar-refractivity contribution in [3.63, 3.8) is 0 Å². The van der Waals surface area contributed by atoms with Crippen molar-refractivity contribution < 1.29 is 32.5 Å². The number of nitrogens with one attached hydrogen (secondary N) is 1. The van der Waals surface area contributed by atoms with E-state index in [1.54, 1.807) is 25.1 Å². The van der Waals surface area contributed by atoms with Gasteiger partial charge < -0.3 is 19.9 Å². The van der Waals surface area contributed by atoms with Crippen molar-refractivity contribution in [2.45, 2.75) is 32.7 Å². The normalized spacial score (nSPS) is 13.4. The van der Waals surface area contributed by atoms with Gasteiger partial charge in [-0.25, -0.2) is 0 Å². The van der Waals surface area contributed by atoms with Gasteiger partial charge in [-0.15, -0.1) is 13.2 Å². The zero-order valence-electron chi connectivity index (χ0n) is 16.2. The number of ether oxygens (including phenoxy) is 2. The minimum Gasteiger partial charge on any atom is -0.481 e. The molecule has 0 aromatic heterocycles. The molecule has 158 valence electrons. The molecule has 8 heteroatoms. The van der Waals surface area contributed by atoms with Gasteiger partial charge in [0.15, 0.2) is 6.10 Å². The van der Waals surface area contributed by atoms with Gasteiger partial charge in [0, 0.05) is 19.1 Å². The maximum absolute atomic E-state index is 12.3. The molecule has 1 amide bonds. The van der Waals surface area contributed by atoms with Crippen molar-refractivity contribution in [1.82, 2.24) is 5.32 Å². The monoisotopic (exact) mass is 411 g/mol. The van der Waals surface area contributed by atoms with Gasteiger partial charge in [0.25, 0.3) is 5.91 Å². The lowest BCUT2D eigenvalue weighted by Gasteiger charge is -2.19. The Morgan fingerprint density at radius 3 is 2.45 bits per heavy atom. The van der Waals surface area contributed by atoms with Crippen LogP contribution in [0.4, 0.5) is 13.2 Å². The number of amides is 1. The maximum atomic E-state index is 12.3. The van der Waals surface area contributed by atoms with Gasteiger partial charge in [0.1, 0.15) is 11.5 Å². The van der Waals surface area contributed by atoms with Crippen LogP contribution in [-0.2, 0) is 11.2 Å². The molecule has 0 aliphatic rings. The van der Waals surface area contributed by atoms with E-state index in [0.717, 1.165) is 5.56 Å². The molecule has 0 fully saturated rings. The number of alkyl halides is 3. The van der Waals surface area contributed by atoms with Crippen molar-refractivity contribution in [2.75, 3.05) is 13.2 Å². The zero-order valence-corrected chi connectivity index (χ0v) is 16.2. The SMILES string of the molecule is Cc1ccc(O[C@H](C)C(=O)NC[C@H](CO)Cc2cccc(OC(F)(F)F)c2)cc1. The lowest BCUT2D eigenvalue weighted by atomic mass is 10.00. The second-order valence-electron chi connectivity index (χ2n) is 6.77. The Morgan fingerprint density at radius 1 is 1.14 bits per heavy atom. The Balaban J connectivity index is 1.87. The average molecular weight is 411 g/mol. The molecule has 2 atom stereocenters. The Kier molecular flexibility index (Phi) is 7.90. The Bertz CT molecular complexity index is 793. The highest BCUT2D eigenvalue weighted by molar-refractivity contribution is 5.80. The van der Waals surface area contributed by atoms with Crippen LogP contribution in [0.2, 0.25) is 0 Å². The molecule has 0 spiro atoms. The highest BCUT2D eigenvalue weighted by Gasteiger charge is 2.31. The largest absolute Gasteiger partial charge is 0.573 e. The number of aryl methyl sites for hydroxylation is 1. The lowest BCUT2D eigenvalue weighted by Crippen LogP contribution is -2.40. The van der Waals surface area contributed by atoms with Crippen LogP contribution in [0.5, 0.6) is 11.5 Å². The van der Waals surface area contributed by atoms with Crippen molar-refractivity contribution in [3.8, 4) is 11.5 Å². The number of halogens is 3. The second-order valence-corrected chi connectivity index (χ2v) is 6.77. The van der Waals surface area contributed by atoms with Crippen LogP contribution in [0.1, 0.15) is 18.1 Å². The summed E-state index contributed by atoms with van der Waals surface area (Å²) in [4.78, 5) is 12.2. The molecule has 0 bridgehead atoms. The summed E-state index contributed by atoms with van der Waals surface area (Å²) in [6.07, 6.45) is -5.23. The number of hydrogen-bond acceptors (Lipinski definition) is 4. The molecule has 0 heterocycles. The van der Waals surface area contributed by atoms with E-state index in [1.807, 2.05) is 19.1 Å². The topological polar surface area (TPSA) is 67.8 Å². The van der Waals surface area contributed by atoms with Gasteiger partial charge in [0.2, 0.25) is 0 Å². The van der Waals surface area contributed by atoms with Gasteiger partial charge in [0.05, 0.1) is 0 Å². The Hall–Kier alpha value is -2.74. The fourth-order valence-electron chi connectivity index (χ4n) is 2.67. The molecule has 0 saturated heterocycles. The number of hydrogen-bond donors (Lipinski definition) is 2. The quantitative estimate of drug-likeness (QED) is 0.661. The first-order chi connectivity index (χ1) is 13.7. The number of benzene rings is 2. The molecule has 2 N–H and O–H groups in total. The first-order valence-corrected chi connectivity index (χ1v) is 9.13. The minimum atomic E-state index is -4.77. The summed E-state index contributed by atoms with van der Waals surface area (Å²) >= 11 is 0. The van der Waals surface area contributed by atoms with Gasteiger partial charge in [-0.2, -0.15) is 0 Å². The Labute approximate surface area is 167 Å². The van der Waals surface area contributed by atoms with E-state index in [1.165, 1.54) is 18.2 Å². The van der Waals surface area contributed by atoms with Crippen molar-refractivity contribution in [3.05, 3.63) is 59.7 Å². The summed E-state index contributed by atoms with van der Waals surface area (Å²) in [7, 11) is 0. The molecule has 2 aromatic carbocycles. The van der Waals surface area contributed by atoms with Crippen molar-refractivity contribution in [2.24, 2.45) is 5.92 Å². The molecule has 5 nitrogen and oxygen atoms in total. The van der Waals surface area contributed by atoms with Crippen molar-refractivity contribution in [1.29, 1.82) is 0 Å². The molecule has 2 aromatic rings. The van der Waals surface area contributed by atoms with Crippen LogP contribution in [-0.4, -0.2) is 36.6 Å². The molecular formula is C21H24F3NO4. The van der Waals surface area contributed by atoms with E-state index in [-0.39, 0.29) is 37.1 Å². The summed E-state index contributed by atoms with van der Waals surface area (Å²) in [6, 6.07) is 12.8. The van der Waals surface area contributed by atoms with E-state index >= 15 is 0 Å². The molecule has 0 aliphatic heterocycles. The van der Waals surface area contributed by atoms with Crippen LogP contribution in [0, 0.1) is 12.8 Å². The number of carbonyl (C=O) groups is 1. The first-order valence-electron chi connectivity index (χ1n) is 9.13. The molecule has 29 heavy (non-hydrogen) atoms. The van der Waals surface area contributed by atoms with Gasteiger partial charge in [-0.3, -0.25) is 4.79 Å². The Morgan fingerprint density at radius 2 is 1.83 bits per heavy atom. The third kappa shape index (κ3) is 8.03. The third-order valence-electron chi connectivity index (χ3n) is 4.18. The van der Waals surface area contributed by atoms with E-state index in [0.29, 0.717) is 11.3 Å². The summed E-state index contributed by atoms with van der Waals surface area (Å²) in [5.74, 6) is -0.473. The fourth-order valence-corrected chi connectivity index (χ4v) is 2.67. The van der Waals surface area contributed by atoms with E-state index in [4.69, 9.17) is 4.74 Å². The highest BCUT2D eigenvalue weighted by atomic mass is 19.4. The van der Waals surface area contributed by atoms with Crippen LogP contribution in [0.25, 0.3) is 0 Å².